The first-order valence-electron chi connectivity index (χ1n) is 7.42. The van der Waals surface area contributed by atoms with Gasteiger partial charge in [0, 0.05) is 13.6 Å². The van der Waals surface area contributed by atoms with Gasteiger partial charge in [0.25, 0.3) is 0 Å². The van der Waals surface area contributed by atoms with Gasteiger partial charge in [-0.2, -0.15) is 4.31 Å². The number of aliphatic carboxylic acids is 1. The van der Waals surface area contributed by atoms with E-state index in [4.69, 9.17) is 9.84 Å². The molecular formula is C15H20N2O6S. The fourth-order valence-corrected chi connectivity index (χ4v) is 3.63. The maximum absolute atomic E-state index is 12.4. The van der Waals surface area contributed by atoms with Gasteiger partial charge in [-0.25, -0.2) is 8.42 Å². The van der Waals surface area contributed by atoms with Crippen LogP contribution in [0.3, 0.4) is 0 Å². The minimum absolute atomic E-state index is 0.101. The van der Waals surface area contributed by atoms with Crippen LogP contribution in [0.5, 0.6) is 0 Å². The summed E-state index contributed by atoms with van der Waals surface area (Å²) in [5, 5.41) is 8.93. The molecule has 1 unspecified atom stereocenters. The fourth-order valence-electron chi connectivity index (χ4n) is 2.49. The zero-order valence-electron chi connectivity index (χ0n) is 13.3. The van der Waals surface area contributed by atoms with E-state index in [-0.39, 0.29) is 31.0 Å². The second-order valence-electron chi connectivity index (χ2n) is 5.49. The van der Waals surface area contributed by atoms with Gasteiger partial charge < -0.3 is 14.7 Å². The summed E-state index contributed by atoms with van der Waals surface area (Å²) in [6, 6.07) is 7.24. The van der Waals surface area contributed by atoms with E-state index in [1.54, 1.807) is 18.2 Å². The number of hydrogen-bond donors (Lipinski definition) is 1. The Bertz CT molecular complexity index is 691. The zero-order chi connectivity index (χ0) is 17.7. The minimum Gasteiger partial charge on any atom is -0.481 e. The average molecular weight is 356 g/mol. The largest absolute Gasteiger partial charge is 0.481 e. The number of sulfonamides is 1. The predicted molar refractivity (Wildman–Crippen MR) is 84.8 cm³/mol. The fraction of sp³-hybridized carbons (Fsp3) is 0.467. The highest BCUT2D eigenvalue weighted by molar-refractivity contribution is 7.89. The number of nitrogens with zero attached hydrogens (tertiary/aromatic N) is 2. The number of hydrogen-bond acceptors (Lipinski definition) is 5. The van der Waals surface area contributed by atoms with Crippen molar-refractivity contribution in [3.8, 4) is 0 Å². The van der Waals surface area contributed by atoms with Gasteiger partial charge in [0.2, 0.25) is 15.9 Å². The Morgan fingerprint density at radius 2 is 2.00 bits per heavy atom. The molecule has 1 saturated heterocycles. The van der Waals surface area contributed by atoms with Crippen LogP contribution in [0.1, 0.15) is 6.42 Å². The van der Waals surface area contributed by atoms with E-state index in [2.05, 4.69) is 0 Å². The first-order valence-corrected chi connectivity index (χ1v) is 8.87. The predicted octanol–water partition coefficient (Wildman–Crippen LogP) is 0.00920. The van der Waals surface area contributed by atoms with Crippen LogP contribution in [0.15, 0.2) is 35.2 Å². The Morgan fingerprint density at radius 3 is 2.62 bits per heavy atom. The number of carbonyl (C=O) groups is 2. The Morgan fingerprint density at radius 1 is 1.33 bits per heavy atom. The van der Waals surface area contributed by atoms with Crippen LogP contribution in [-0.4, -0.2) is 74.0 Å². The van der Waals surface area contributed by atoms with Crippen molar-refractivity contribution in [3.05, 3.63) is 30.3 Å². The monoisotopic (exact) mass is 356 g/mol. The molecule has 132 valence electrons. The molecule has 1 fully saturated rings. The molecule has 1 aliphatic heterocycles. The first kappa shape index (κ1) is 18.4. The van der Waals surface area contributed by atoms with Crippen LogP contribution in [0.25, 0.3) is 0 Å². The summed E-state index contributed by atoms with van der Waals surface area (Å²) in [5.41, 5.74) is 0. The summed E-state index contributed by atoms with van der Waals surface area (Å²) in [4.78, 5) is 24.8. The Balaban J connectivity index is 2.08. The summed E-state index contributed by atoms with van der Waals surface area (Å²) in [6.07, 6.45) is -0.235. The summed E-state index contributed by atoms with van der Waals surface area (Å²) in [6.45, 7) is 0.327. The number of ether oxygens (including phenoxy) is 1. The van der Waals surface area contributed by atoms with E-state index in [1.165, 1.54) is 24.1 Å². The number of rotatable bonds is 6. The van der Waals surface area contributed by atoms with Crippen molar-refractivity contribution in [1.29, 1.82) is 0 Å². The SMILES string of the molecule is CN(CC(=O)N1CCOCC1CC(=O)O)S(=O)(=O)c1ccccc1. The van der Waals surface area contributed by atoms with Gasteiger partial charge in [-0.3, -0.25) is 9.59 Å². The number of carboxylic acids is 1. The van der Waals surface area contributed by atoms with Gasteiger partial charge in [0.15, 0.2) is 0 Å². The maximum atomic E-state index is 12.4. The van der Waals surface area contributed by atoms with Crippen molar-refractivity contribution in [2.24, 2.45) is 0 Å². The normalized spacial score (nSPS) is 18.6. The van der Waals surface area contributed by atoms with E-state index in [0.717, 1.165) is 4.31 Å². The number of carboxylic acid groups (broad SMARTS) is 1. The van der Waals surface area contributed by atoms with Gasteiger partial charge in [-0.15, -0.1) is 0 Å². The third kappa shape index (κ3) is 4.31. The quantitative estimate of drug-likeness (QED) is 0.770. The average Bonchev–Trinajstić information content (AvgIpc) is 2.55. The molecule has 0 radical (unpaired) electrons. The highest BCUT2D eigenvalue weighted by atomic mass is 32.2. The third-order valence-corrected chi connectivity index (χ3v) is 5.59. The van der Waals surface area contributed by atoms with Crippen LogP contribution in [-0.2, 0) is 24.3 Å². The van der Waals surface area contributed by atoms with Crippen molar-refractivity contribution in [2.45, 2.75) is 17.4 Å². The number of amides is 1. The molecule has 1 aliphatic rings. The molecule has 0 spiro atoms. The Hall–Kier alpha value is -1.97. The van der Waals surface area contributed by atoms with Gasteiger partial charge in [-0.1, -0.05) is 18.2 Å². The molecule has 9 heteroatoms. The van der Waals surface area contributed by atoms with Crippen molar-refractivity contribution in [2.75, 3.05) is 33.4 Å². The number of morpholine rings is 1. The maximum Gasteiger partial charge on any atom is 0.305 e. The van der Waals surface area contributed by atoms with E-state index in [9.17, 15) is 18.0 Å². The molecule has 0 saturated carbocycles. The number of benzene rings is 1. The van der Waals surface area contributed by atoms with Crippen molar-refractivity contribution < 1.29 is 27.9 Å². The lowest BCUT2D eigenvalue weighted by atomic mass is 10.1. The molecule has 0 aliphatic carbocycles. The molecule has 24 heavy (non-hydrogen) atoms. The first-order chi connectivity index (χ1) is 11.3. The smallest absolute Gasteiger partial charge is 0.305 e. The Labute approximate surface area is 140 Å². The van der Waals surface area contributed by atoms with Crippen molar-refractivity contribution in [3.63, 3.8) is 0 Å². The molecule has 2 rings (SSSR count). The highest BCUT2D eigenvalue weighted by Crippen LogP contribution is 2.16. The van der Waals surface area contributed by atoms with Gasteiger partial charge in [0.05, 0.1) is 37.1 Å². The highest BCUT2D eigenvalue weighted by Gasteiger charge is 2.31. The third-order valence-electron chi connectivity index (χ3n) is 3.77. The van der Waals surface area contributed by atoms with Crippen molar-refractivity contribution >= 4 is 21.9 Å². The Kier molecular flexibility index (Phi) is 5.92. The number of likely N-dealkylation sites (N-methyl/N-ethyl adjacent to an activating group) is 1. The standard InChI is InChI=1S/C15H20N2O6S/c1-16(24(21,22)13-5-3-2-4-6-13)10-14(18)17-7-8-23-11-12(17)9-15(19)20/h2-6,12H,7-11H2,1H3,(H,19,20). The zero-order valence-corrected chi connectivity index (χ0v) is 14.1. The van der Waals surface area contributed by atoms with E-state index < -0.39 is 27.9 Å². The topological polar surface area (TPSA) is 104 Å². The molecule has 1 N–H and O–H groups in total. The lowest BCUT2D eigenvalue weighted by molar-refractivity contribution is -0.146. The van der Waals surface area contributed by atoms with E-state index in [1.807, 2.05) is 0 Å². The van der Waals surface area contributed by atoms with Crippen LogP contribution in [0, 0.1) is 0 Å². The second-order valence-corrected chi connectivity index (χ2v) is 7.53. The summed E-state index contributed by atoms with van der Waals surface area (Å²) < 4.78 is 31.1. The van der Waals surface area contributed by atoms with Crippen LogP contribution in [0.4, 0.5) is 0 Å². The van der Waals surface area contributed by atoms with Gasteiger partial charge >= 0.3 is 5.97 Å². The molecule has 1 atom stereocenters. The van der Waals surface area contributed by atoms with Crippen molar-refractivity contribution in [1.82, 2.24) is 9.21 Å². The second kappa shape index (κ2) is 7.73. The summed E-state index contributed by atoms with van der Waals surface area (Å²) in [5.74, 6) is -1.47. The molecule has 0 bridgehead atoms. The lowest BCUT2D eigenvalue weighted by Crippen LogP contribution is -2.52. The summed E-state index contributed by atoms with van der Waals surface area (Å²) >= 11 is 0. The molecule has 1 aromatic rings. The molecule has 1 aromatic carbocycles. The molecule has 8 nitrogen and oxygen atoms in total. The lowest BCUT2D eigenvalue weighted by Gasteiger charge is -2.35. The number of carbonyl (C=O) groups excluding carboxylic acids is 1. The molecule has 1 amide bonds. The van der Waals surface area contributed by atoms with Crippen LogP contribution in [0.2, 0.25) is 0 Å². The van der Waals surface area contributed by atoms with Crippen LogP contribution >= 0.6 is 0 Å². The van der Waals surface area contributed by atoms with Gasteiger partial charge in [-0.05, 0) is 12.1 Å². The molecule has 0 aromatic heterocycles. The molecular weight excluding hydrogens is 336 g/mol. The summed E-state index contributed by atoms with van der Waals surface area (Å²) in [7, 11) is -2.45. The van der Waals surface area contributed by atoms with E-state index in [0.29, 0.717) is 6.61 Å². The van der Waals surface area contributed by atoms with Crippen LogP contribution < -0.4 is 0 Å². The van der Waals surface area contributed by atoms with E-state index >= 15 is 0 Å². The minimum atomic E-state index is -3.77. The van der Waals surface area contributed by atoms with Gasteiger partial charge in [0.1, 0.15) is 0 Å². The molecule has 1 heterocycles.